The molecule has 0 aliphatic carbocycles. The molecule has 0 radical (unpaired) electrons. The molecule has 108 valence electrons. The van der Waals surface area contributed by atoms with Crippen LogP contribution in [-0.2, 0) is 11.2 Å². The van der Waals surface area contributed by atoms with Crippen LogP contribution in [0.25, 0.3) is 11.1 Å². The van der Waals surface area contributed by atoms with Crippen molar-refractivity contribution in [3.8, 4) is 16.9 Å². The van der Waals surface area contributed by atoms with E-state index in [1.165, 1.54) is 12.1 Å². The fourth-order valence-electron chi connectivity index (χ4n) is 2.06. The van der Waals surface area contributed by atoms with Crippen molar-refractivity contribution in [1.29, 1.82) is 0 Å². The monoisotopic (exact) mass is 287 g/mol. The zero-order valence-corrected chi connectivity index (χ0v) is 11.3. The van der Waals surface area contributed by atoms with Crippen LogP contribution in [0.15, 0.2) is 42.5 Å². The summed E-state index contributed by atoms with van der Waals surface area (Å²) in [7, 11) is 1.55. The van der Waals surface area contributed by atoms with Gasteiger partial charge < -0.3 is 9.84 Å². The average Bonchev–Trinajstić information content (AvgIpc) is 2.46. The minimum absolute atomic E-state index is 0.122. The molecule has 6 heteroatoms. The quantitative estimate of drug-likeness (QED) is 0.674. The number of aliphatic carboxylic acids is 1. The van der Waals surface area contributed by atoms with Crippen molar-refractivity contribution in [2.24, 2.45) is 0 Å². The summed E-state index contributed by atoms with van der Waals surface area (Å²) in [5.41, 5.74) is 1.72. The standard InChI is InChI=1S/C15H13NO5/c1-21-13-5-2-10(3-6-13)14-7-4-12(16(19)20)8-11(14)9-15(17)18/h2-8H,9H2,1H3,(H,17,18). The zero-order valence-electron chi connectivity index (χ0n) is 11.3. The largest absolute Gasteiger partial charge is 0.497 e. The van der Waals surface area contributed by atoms with Gasteiger partial charge in [-0.1, -0.05) is 12.1 Å². The van der Waals surface area contributed by atoms with Gasteiger partial charge >= 0.3 is 5.97 Å². The third-order valence-corrected chi connectivity index (χ3v) is 3.04. The van der Waals surface area contributed by atoms with E-state index < -0.39 is 10.9 Å². The molecule has 0 spiro atoms. The van der Waals surface area contributed by atoms with Crippen molar-refractivity contribution in [1.82, 2.24) is 0 Å². The van der Waals surface area contributed by atoms with Gasteiger partial charge in [-0.2, -0.15) is 0 Å². The van der Waals surface area contributed by atoms with Crippen LogP contribution < -0.4 is 4.74 Å². The lowest BCUT2D eigenvalue weighted by Crippen LogP contribution is -2.03. The number of hydrogen-bond acceptors (Lipinski definition) is 4. The van der Waals surface area contributed by atoms with Crippen LogP contribution in [0.4, 0.5) is 5.69 Å². The van der Waals surface area contributed by atoms with Crippen LogP contribution in [0.5, 0.6) is 5.75 Å². The minimum Gasteiger partial charge on any atom is -0.497 e. The van der Waals surface area contributed by atoms with Crippen molar-refractivity contribution < 1.29 is 19.6 Å². The lowest BCUT2D eigenvalue weighted by Gasteiger charge is -2.09. The Morgan fingerprint density at radius 1 is 1.24 bits per heavy atom. The third kappa shape index (κ3) is 3.36. The SMILES string of the molecule is COc1ccc(-c2ccc([N+](=O)[O-])cc2CC(=O)O)cc1. The minimum atomic E-state index is -1.04. The molecule has 2 aromatic rings. The van der Waals surface area contributed by atoms with Crippen LogP contribution in [0.3, 0.4) is 0 Å². The Bertz CT molecular complexity index is 679. The van der Waals surface area contributed by atoms with Crippen molar-refractivity contribution in [3.05, 3.63) is 58.1 Å². The van der Waals surface area contributed by atoms with Gasteiger partial charge in [-0.15, -0.1) is 0 Å². The van der Waals surface area contributed by atoms with Gasteiger partial charge in [0, 0.05) is 12.1 Å². The number of nitro benzene ring substituents is 1. The van der Waals surface area contributed by atoms with Gasteiger partial charge in [0.05, 0.1) is 18.5 Å². The van der Waals surface area contributed by atoms with Gasteiger partial charge in [0.25, 0.3) is 5.69 Å². The van der Waals surface area contributed by atoms with E-state index in [9.17, 15) is 14.9 Å². The molecule has 2 aromatic carbocycles. The molecule has 6 nitrogen and oxygen atoms in total. The maximum absolute atomic E-state index is 10.9. The molecule has 2 rings (SSSR count). The summed E-state index contributed by atoms with van der Waals surface area (Å²) in [6.45, 7) is 0. The summed E-state index contributed by atoms with van der Waals surface area (Å²) in [4.78, 5) is 21.2. The normalized spacial score (nSPS) is 10.1. The number of carboxylic acids is 1. The number of nitro groups is 1. The predicted molar refractivity (Wildman–Crippen MR) is 76.4 cm³/mol. The lowest BCUT2D eigenvalue weighted by molar-refractivity contribution is -0.384. The van der Waals surface area contributed by atoms with Gasteiger partial charge in [0.2, 0.25) is 0 Å². The number of rotatable bonds is 5. The van der Waals surface area contributed by atoms with E-state index in [2.05, 4.69) is 0 Å². The van der Waals surface area contributed by atoms with E-state index in [-0.39, 0.29) is 12.1 Å². The molecule has 0 fully saturated rings. The van der Waals surface area contributed by atoms with Gasteiger partial charge in [-0.3, -0.25) is 14.9 Å². The van der Waals surface area contributed by atoms with Crippen LogP contribution in [-0.4, -0.2) is 23.1 Å². The van der Waals surface area contributed by atoms with Crippen molar-refractivity contribution in [3.63, 3.8) is 0 Å². The molecule has 0 aromatic heterocycles. The highest BCUT2D eigenvalue weighted by atomic mass is 16.6. The molecule has 0 saturated carbocycles. The first kappa shape index (κ1) is 14.5. The molecule has 0 bridgehead atoms. The zero-order chi connectivity index (χ0) is 15.4. The first-order valence-corrected chi connectivity index (χ1v) is 6.15. The Morgan fingerprint density at radius 3 is 2.43 bits per heavy atom. The molecule has 0 saturated heterocycles. The number of benzene rings is 2. The smallest absolute Gasteiger partial charge is 0.307 e. The summed E-state index contributed by atoms with van der Waals surface area (Å²) >= 11 is 0. The van der Waals surface area contributed by atoms with E-state index >= 15 is 0 Å². The van der Waals surface area contributed by atoms with Gasteiger partial charge in [-0.25, -0.2) is 0 Å². The predicted octanol–water partition coefficient (Wildman–Crippen LogP) is 2.90. The van der Waals surface area contributed by atoms with Gasteiger partial charge in [0.15, 0.2) is 0 Å². The summed E-state index contributed by atoms with van der Waals surface area (Å²) < 4.78 is 5.07. The molecule has 0 atom stereocenters. The Kier molecular flexibility index (Phi) is 4.18. The maximum Gasteiger partial charge on any atom is 0.307 e. The number of non-ortho nitro benzene ring substituents is 1. The number of nitrogens with zero attached hydrogens (tertiary/aromatic N) is 1. The van der Waals surface area contributed by atoms with E-state index in [1.807, 2.05) is 0 Å². The molecular formula is C15H13NO5. The van der Waals surface area contributed by atoms with Crippen LogP contribution in [0.2, 0.25) is 0 Å². The topological polar surface area (TPSA) is 89.7 Å². The Morgan fingerprint density at radius 2 is 1.90 bits per heavy atom. The second kappa shape index (κ2) is 6.04. The molecule has 21 heavy (non-hydrogen) atoms. The first-order valence-electron chi connectivity index (χ1n) is 6.15. The molecule has 0 aliphatic heterocycles. The molecule has 0 amide bonds. The van der Waals surface area contributed by atoms with Crippen molar-refractivity contribution >= 4 is 11.7 Å². The summed E-state index contributed by atoms with van der Waals surface area (Å²) in [6, 6.07) is 11.3. The highest BCUT2D eigenvalue weighted by Gasteiger charge is 2.14. The van der Waals surface area contributed by atoms with Crippen LogP contribution >= 0.6 is 0 Å². The summed E-state index contributed by atoms with van der Waals surface area (Å²) in [6.07, 6.45) is -0.275. The fourth-order valence-corrected chi connectivity index (χ4v) is 2.06. The molecule has 0 heterocycles. The highest BCUT2D eigenvalue weighted by molar-refractivity contribution is 5.77. The Balaban J connectivity index is 2.49. The fraction of sp³-hybridized carbons (Fsp3) is 0.133. The summed E-state index contributed by atoms with van der Waals surface area (Å²) in [5.74, 6) is -0.356. The van der Waals surface area contributed by atoms with Crippen molar-refractivity contribution in [2.45, 2.75) is 6.42 Å². The lowest BCUT2D eigenvalue weighted by atomic mass is 9.97. The second-order valence-corrected chi connectivity index (χ2v) is 4.40. The van der Waals surface area contributed by atoms with E-state index in [1.54, 1.807) is 37.4 Å². The number of carbonyl (C=O) groups is 1. The van der Waals surface area contributed by atoms with E-state index in [0.29, 0.717) is 16.9 Å². The third-order valence-electron chi connectivity index (χ3n) is 3.04. The number of ether oxygens (including phenoxy) is 1. The van der Waals surface area contributed by atoms with Crippen molar-refractivity contribution in [2.75, 3.05) is 7.11 Å². The Hall–Kier alpha value is -2.89. The van der Waals surface area contributed by atoms with Crippen LogP contribution in [0, 0.1) is 10.1 Å². The molecule has 0 aliphatic rings. The number of hydrogen-bond donors (Lipinski definition) is 1. The number of carboxylic acid groups (broad SMARTS) is 1. The maximum atomic E-state index is 10.9. The summed E-state index contributed by atoms with van der Waals surface area (Å²) in [5, 5.41) is 19.8. The van der Waals surface area contributed by atoms with Gasteiger partial charge in [-0.05, 0) is 34.9 Å². The Labute approximate surface area is 120 Å². The second-order valence-electron chi connectivity index (χ2n) is 4.40. The average molecular weight is 287 g/mol. The highest BCUT2D eigenvalue weighted by Crippen LogP contribution is 2.29. The van der Waals surface area contributed by atoms with Crippen LogP contribution in [0.1, 0.15) is 5.56 Å². The molecule has 1 N–H and O–H groups in total. The van der Waals surface area contributed by atoms with E-state index in [0.717, 1.165) is 5.56 Å². The van der Waals surface area contributed by atoms with E-state index in [4.69, 9.17) is 9.84 Å². The molecule has 0 unspecified atom stereocenters. The van der Waals surface area contributed by atoms with Gasteiger partial charge in [0.1, 0.15) is 5.75 Å². The number of methoxy groups -OCH3 is 1. The first-order chi connectivity index (χ1) is 10.0. The molecular weight excluding hydrogens is 274 g/mol.